The third kappa shape index (κ3) is 3.18. The van der Waals surface area contributed by atoms with Gasteiger partial charge in [0.15, 0.2) is 5.78 Å². The molecule has 0 saturated carbocycles. The molecule has 4 nitrogen and oxygen atoms in total. The number of nitrogens with zero attached hydrogens (tertiary/aromatic N) is 1. The van der Waals surface area contributed by atoms with Crippen LogP contribution in [0, 0.1) is 0 Å². The molecule has 0 fully saturated rings. The molecule has 5 heteroatoms. The van der Waals surface area contributed by atoms with Crippen LogP contribution < -0.4 is 9.64 Å². The van der Waals surface area contributed by atoms with Crippen molar-refractivity contribution in [2.75, 3.05) is 18.1 Å². The van der Waals surface area contributed by atoms with Crippen LogP contribution >= 0.6 is 11.8 Å². The van der Waals surface area contributed by atoms with E-state index < -0.39 is 0 Å². The summed E-state index contributed by atoms with van der Waals surface area (Å²) < 4.78 is 5.83. The summed E-state index contributed by atoms with van der Waals surface area (Å²) in [5, 5.41) is 0. The van der Waals surface area contributed by atoms with Crippen molar-refractivity contribution in [3.05, 3.63) is 77.2 Å². The Morgan fingerprint density at radius 3 is 2.73 bits per heavy atom. The van der Waals surface area contributed by atoms with Crippen LogP contribution in [0.15, 0.2) is 76.6 Å². The zero-order chi connectivity index (χ0) is 17.9. The highest BCUT2D eigenvalue weighted by molar-refractivity contribution is 8.03. The van der Waals surface area contributed by atoms with Crippen molar-refractivity contribution in [1.82, 2.24) is 0 Å². The molecule has 0 aromatic heterocycles. The zero-order valence-electron chi connectivity index (χ0n) is 14.0. The lowest BCUT2D eigenvalue weighted by Gasteiger charge is -2.39. The smallest absolute Gasteiger partial charge is 0.183 e. The van der Waals surface area contributed by atoms with Gasteiger partial charge in [-0.1, -0.05) is 30.0 Å². The van der Waals surface area contributed by atoms with Crippen LogP contribution in [0.5, 0.6) is 5.75 Å². The van der Waals surface area contributed by atoms with Gasteiger partial charge in [0.25, 0.3) is 0 Å². The Bertz CT molecular complexity index is 902. The molecule has 2 aromatic carbocycles. The van der Waals surface area contributed by atoms with Crippen molar-refractivity contribution < 1.29 is 14.3 Å². The van der Waals surface area contributed by atoms with Crippen molar-refractivity contribution >= 4 is 29.5 Å². The van der Waals surface area contributed by atoms with Gasteiger partial charge in [0.1, 0.15) is 24.7 Å². The summed E-state index contributed by atoms with van der Waals surface area (Å²) in [6.45, 7) is 1.04. The summed E-state index contributed by atoms with van der Waals surface area (Å²) in [7, 11) is 0. The summed E-state index contributed by atoms with van der Waals surface area (Å²) in [6, 6.07) is 14.9. The lowest BCUT2D eigenvalue weighted by molar-refractivity contribution is -0.115. The van der Waals surface area contributed by atoms with Gasteiger partial charge in [0, 0.05) is 15.4 Å². The number of hydrogen-bond donors (Lipinski definition) is 0. The summed E-state index contributed by atoms with van der Waals surface area (Å²) in [6.07, 6.45) is 6.27. The van der Waals surface area contributed by atoms with Gasteiger partial charge in [-0.15, -0.1) is 0 Å². The number of aldehydes is 1. The highest BCUT2D eigenvalue weighted by Gasteiger charge is 2.35. The molecule has 1 heterocycles. The van der Waals surface area contributed by atoms with Gasteiger partial charge < -0.3 is 9.64 Å². The number of rotatable bonds is 5. The van der Waals surface area contributed by atoms with E-state index in [9.17, 15) is 9.59 Å². The van der Waals surface area contributed by atoms with Gasteiger partial charge in [0.2, 0.25) is 0 Å². The third-order valence-corrected chi connectivity index (χ3v) is 5.55. The van der Waals surface area contributed by atoms with Crippen LogP contribution in [0.3, 0.4) is 0 Å². The van der Waals surface area contributed by atoms with E-state index in [0.717, 1.165) is 21.8 Å². The van der Waals surface area contributed by atoms with Gasteiger partial charge in [0.05, 0.1) is 12.2 Å². The number of carbonyl (C=O) groups is 2. The fourth-order valence-electron chi connectivity index (χ4n) is 3.16. The van der Waals surface area contributed by atoms with Gasteiger partial charge in [-0.3, -0.25) is 9.59 Å². The number of fused-ring (bicyclic) bond motifs is 2. The molecule has 0 bridgehead atoms. The number of para-hydroxylation sites is 1. The second-order valence-corrected chi connectivity index (χ2v) is 7.15. The molecule has 130 valence electrons. The van der Waals surface area contributed by atoms with E-state index >= 15 is 0 Å². The Morgan fingerprint density at radius 2 is 1.92 bits per heavy atom. The molecule has 0 radical (unpaired) electrons. The molecule has 0 amide bonds. The van der Waals surface area contributed by atoms with E-state index in [1.807, 2.05) is 30.4 Å². The average molecular weight is 363 g/mol. The molecule has 0 spiro atoms. The average Bonchev–Trinajstić information content (AvgIpc) is 2.68. The molecular formula is C21H17NO3S. The lowest BCUT2D eigenvalue weighted by atomic mass is 10.0. The molecule has 26 heavy (non-hydrogen) atoms. The monoisotopic (exact) mass is 363 g/mol. The molecule has 1 aliphatic heterocycles. The van der Waals surface area contributed by atoms with E-state index in [4.69, 9.17) is 4.74 Å². The highest BCUT2D eigenvalue weighted by atomic mass is 32.2. The number of thioether (sulfide) groups is 1. The molecule has 1 atom stereocenters. The van der Waals surface area contributed by atoms with E-state index in [1.54, 1.807) is 42.1 Å². The Hall–Kier alpha value is -2.79. The molecule has 0 N–H and O–H groups in total. The summed E-state index contributed by atoms with van der Waals surface area (Å²) in [5.74, 6) is 0.806. The fourth-order valence-corrected chi connectivity index (χ4v) is 4.35. The van der Waals surface area contributed by atoms with E-state index in [0.29, 0.717) is 24.5 Å². The number of hydrogen-bond acceptors (Lipinski definition) is 5. The Morgan fingerprint density at radius 1 is 1.12 bits per heavy atom. The minimum absolute atomic E-state index is 0.0971. The number of anilines is 1. The second kappa shape index (κ2) is 7.22. The molecule has 1 aliphatic carbocycles. The first-order valence-corrected chi connectivity index (χ1v) is 9.21. The largest absolute Gasteiger partial charge is 0.492 e. The quantitative estimate of drug-likeness (QED) is 0.755. The first-order chi connectivity index (χ1) is 12.8. The number of ketones is 1. The number of carbonyl (C=O) groups excluding carboxylic acids is 2. The van der Waals surface area contributed by atoms with Crippen LogP contribution in [0.1, 0.15) is 10.4 Å². The predicted octanol–water partition coefficient (Wildman–Crippen LogP) is 3.88. The normalized spacial score (nSPS) is 18.0. The maximum atomic E-state index is 12.5. The van der Waals surface area contributed by atoms with Gasteiger partial charge in [-0.05, 0) is 48.6 Å². The number of allylic oxidation sites excluding steroid dienone is 2. The van der Waals surface area contributed by atoms with Crippen LogP contribution in [-0.4, -0.2) is 31.3 Å². The molecule has 1 unspecified atom stereocenters. The minimum atomic E-state index is -0.277. The van der Waals surface area contributed by atoms with Crippen LogP contribution in [0.25, 0.3) is 0 Å². The van der Waals surface area contributed by atoms with Crippen molar-refractivity contribution in [3.63, 3.8) is 0 Å². The zero-order valence-corrected chi connectivity index (χ0v) is 14.8. The van der Waals surface area contributed by atoms with Gasteiger partial charge in [-0.2, -0.15) is 0 Å². The summed E-state index contributed by atoms with van der Waals surface area (Å²) in [5.41, 5.74) is 1.68. The molecule has 0 saturated heterocycles. The first-order valence-electron chi connectivity index (χ1n) is 8.40. The second-order valence-electron chi connectivity index (χ2n) is 6.03. The standard InChI is InChI=1S/C21H17NO3S/c23-14-15-8-10-16(11-9-15)25-13-12-22-17-4-1-2-6-19(17)26-20-7-3-5-18(24)21(20)22/h1-11,14,21H,12-13H2. The first kappa shape index (κ1) is 16.7. The lowest BCUT2D eigenvalue weighted by Crippen LogP contribution is -2.46. The molecule has 2 aromatic rings. The van der Waals surface area contributed by atoms with Crippen LogP contribution in [-0.2, 0) is 4.79 Å². The Balaban J connectivity index is 1.53. The molecular weight excluding hydrogens is 346 g/mol. The van der Waals surface area contributed by atoms with Gasteiger partial charge in [-0.25, -0.2) is 0 Å². The van der Waals surface area contributed by atoms with Crippen LogP contribution in [0.4, 0.5) is 5.69 Å². The summed E-state index contributed by atoms with van der Waals surface area (Å²) in [4.78, 5) is 27.5. The SMILES string of the molecule is O=Cc1ccc(OCCN2c3ccccc3SC3=CC=CC(=O)C32)cc1. The maximum Gasteiger partial charge on any atom is 0.183 e. The van der Waals surface area contributed by atoms with Crippen LogP contribution in [0.2, 0.25) is 0 Å². The highest BCUT2D eigenvalue weighted by Crippen LogP contribution is 2.45. The van der Waals surface area contributed by atoms with Crippen molar-refractivity contribution in [1.29, 1.82) is 0 Å². The summed E-state index contributed by atoms with van der Waals surface area (Å²) >= 11 is 1.66. The topological polar surface area (TPSA) is 46.6 Å². The van der Waals surface area contributed by atoms with E-state index in [1.165, 1.54) is 0 Å². The predicted molar refractivity (Wildman–Crippen MR) is 103 cm³/mol. The fraction of sp³-hybridized carbons (Fsp3) is 0.143. The minimum Gasteiger partial charge on any atom is -0.492 e. The third-order valence-electron chi connectivity index (χ3n) is 4.39. The van der Waals surface area contributed by atoms with Crippen molar-refractivity contribution in [3.8, 4) is 5.75 Å². The van der Waals surface area contributed by atoms with E-state index in [2.05, 4.69) is 11.0 Å². The number of benzene rings is 2. The number of ether oxygens (including phenoxy) is 1. The maximum absolute atomic E-state index is 12.5. The van der Waals surface area contributed by atoms with Crippen molar-refractivity contribution in [2.24, 2.45) is 0 Å². The Kier molecular flexibility index (Phi) is 4.63. The molecule has 2 aliphatic rings. The van der Waals surface area contributed by atoms with Crippen molar-refractivity contribution in [2.45, 2.75) is 10.9 Å². The van der Waals surface area contributed by atoms with Gasteiger partial charge >= 0.3 is 0 Å². The van der Waals surface area contributed by atoms with E-state index in [-0.39, 0.29) is 11.8 Å². The Labute approximate surface area is 156 Å². The molecule has 4 rings (SSSR count).